The number of likely N-dealkylation sites (tertiary alicyclic amines) is 1. The van der Waals surface area contributed by atoms with E-state index in [9.17, 15) is 49.2 Å². The van der Waals surface area contributed by atoms with Gasteiger partial charge in [-0.1, -0.05) is 26.8 Å². The minimum absolute atomic E-state index is 0.0571. The van der Waals surface area contributed by atoms with Gasteiger partial charge in [0.1, 0.15) is 36.7 Å². The fraction of sp³-hybridized carbons (Fsp3) is 0.571. The summed E-state index contributed by atoms with van der Waals surface area (Å²) >= 11 is 0. The Kier molecular flexibility index (Phi) is 11.1. The molecule has 248 valence electrons. The number of aliphatic hydroxyl groups excluding tert-OH is 3. The Labute approximate surface area is 259 Å². The number of amides is 4. The Hall–Kier alpha value is -4.16. The number of hydrogen-bond acceptors (Lipinski definition) is 13. The normalized spacial score (nSPS) is 26.1. The smallest absolute Gasteiger partial charge is 0.335 e. The average molecular weight is 640 g/mol. The highest BCUT2D eigenvalue weighted by atomic mass is 16.7. The first-order valence-electron chi connectivity index (χ1n) is 14.4. The van der Waals surface area contributed by atoms with Crippen LogP contribution in [-0.2, 0) is 44.8 Å². The van der Waals surface area contributed by atoms with Crippen LogP contribution in [0, 0.1) is 11.3 Å². The maximum Gasteiger partial charge on any atom is 0.335 e. The second-order valence-corrected chi connectivity index (χ2v) is 11.6. The Balaban J connectivity index is 1.70. The molecule has 1 aromatic rings. The monoisotopic (exact) mass is 639 g/mol. The molecule has 1 aromatic carbocycles. The number of carboxylic acid groups (broad SMARTS) is 1. The zero-order valence-corrected chi connectivity index (χ0v) is 24.8. The molecule has 0 aromatic heterocycles. The standard InChI is InChI=1S/C28H38N4O13/c1-28(2,3)14-9-19(35)32(25(14)40)16(10-29)24(39)30-7-6-18(34)31-15-8-13(11-43-12-33)4-5-17(15)44-27-22(38)20(36)21(37)23(45-27)26(41)42/h4-5,8,12,14,16,20-23,27,36-38H,6-7,9-11,29H2,1-3H3,(H,30,39)(H,31,34)(H,41,42)/t14?,16-,20-,21-,22+,23-,27+/m0/s1/i12D. The lowest BCUT2D eigenvalue weighted by molar-refractivity contribution is -0.271. The molecule has 45 heavy (non-hydrogen) atoms. The van der Waals surface area contributed by atoms with Gasteiger partial charge in [-0.25, -0.2) is 4.79 Å². The maximum atomic E-state index is 12.9. The van der Waals surface area contributed by atoms with Crippen molar-refractivity contribution in [3.63, 3.8) is 0 Å². The second kappa shape index (κ2) is 14.7. The quantitative estimate of drug-likeness (QED) is 0.0948. The summed E-state index contributed by atoms with van der Waals surface area (Å²) < 4.78 is 22.2. The third-order valence-electron chi connectivity index (χ3n) is 7.39. The number of carbonyl (C=O) groups is 6. The van der Waals surface area contributed by atoms with Crippen LogP contribution < -0.4 is 21.1 Å². The predicted octanol–water partition coefficient (Wildman–Crippen LogP) is -2.18. The lowest BCUT2D eigenvalue weighted by Gasteiger charge is -2.38. The van der Waals surface area contributed by atoms with E-state index in [2.05, 4.69) is 15.4 Å². The Morgan fingerprint density at radius 3 is 2.47 bits per heavy atom. The molecular weight excluding hydrogens is 600 g/mol. The van der Waals surface area contributed by atoms with E-state index in [1.807, 2.05) is 0 Å². The fourth-order valence-electron chi connectivity index (χ4n) is 4.87. The molecule has 1 unspecified atom stereocenters. The van der Waals surface area contributed by atoms with Gasteiger partial charge in [0.05, 0.1) is 11.6 Å². The van der Waals surface area contributed by atoms with Gasteiger partial charge in [0.2, 0.25) is 29.9 Å². The van der Waals surface area contributed by atoms with E-state index in [1.54, 1.807) is 20.8 Å². The third-order valence-corrected chi connectivity index (χ3v) is 7.39. The van der Waals surface area contributed by atoms with E-state index < -0.39 is 84.1 Å². The van der Waals surface area contributed by atoms with Crippen molar-refractivity contribution >= 4 is 41.7 Å². The number of benzene rings is 1. The summed E-state index contributed by atoms with van der Waals surface area (Å²) in [7, 11) is 0. The SMILES string of the molecule is [2H]C(=O)OCc1ccc(O[C@@H]2O[C@H](C(=O)O)[C@@H](O)[C@H](O)[C@H]2O)c(NC(=O)CCNC(=O)[C@H](CN)N2C(=O)CC(C(C)(C)C)C2=O)c1. The van der Waals surface area contributed by atoms with Gasteiger partial charge in [-0.3, -0.25) is 28.9 Å². The lowest BCUT2D eigenvalue weighted by atomic mass is 9.80. The number of rotatable bonds is 12. The zero-order valence-electron chi connectivity index (χ0n) is 25.8. The molecule has 3 rings (SSSR count). The summed E-state index contributed by atoms with van der Waals surface area (Å²) in [4.78, 5) is 74.5. The number of imide groups is 1. The van der Waals surface area contributed by atoms with Crippen LogP contribution >= 0.6 is 0 Å². The predicted molar refractivity (Wildman–Crippen MR) is 151 cm³/mol. The minimum atomic E-state index is -1.97. The van der Waals surface area contributed by atoms with Crippen molar-refractivity contribution < 1.29 is 64.8 Å². The van der Waals surface area contributed by atoms with Gasteiger partial charge in [0.15, 0.2) is 7.47 Å². The van der Waals surface area contributed by atoms with E-state index >= 15 is 0 Å². The van der Waals surface area contributed by atoms with Gasteiger partial charge in [0.25, 0.3) is 6.45 Å². The summed E-state index contributed by atoms with van der Waals surface area (Å²) in [6.07, 6.45) is -11.3. The van der Waals surface area contributed by atoms with Gasteiger partial charge < -0.3 is 51.0 Å². The number of nitrogens with zero attached hydrogens (tertiary/aromatic N) is 1. The Morgan fingerprint density at radius 2 is 1.89 bits per heavy atom. The van der Waals surface area contributed by atoms with E-state index in [4.69, 9.17) is 16.6 Å². The van der Waals surface area contributed by atoms with Crippen molar-refractivity contribution in [3.8, 4) is 5.75 Å². The minimum Gasteiger partial charge on any atom is -0.479 e. The lowest BCUT2D eigenvalue weighted by Crippen LogP contribution is -2.61. The molecule has 8 N–H and O–H groups in total. The van der Waals surface area contributed by atoms with Crippen LogP contribution in [-0.4, -0.2) is 111 Å². The van der Waals surface area contributed by atoms with Gasteiger partial charge in [0, 0.05) is 25.9 Å². The summed E-state index contributed by atoms with van der Waals surface area (Å²) in [5.74, 6) is -4.93. The van der Waals surface area contributed by atoms with E-state index in [-0.39, 0.29) is 49.5 Å². The molecule has 17 nitrogen and oxygen atoms in total. The number of nitrogens with one attached hydrogen (secondary N) is 2. The summed E-state index contributed by atoms with van der Waals surface area (Å²) in [5, 5.41) is 44.6. The highest BCUT2D eigenvalue weighted by Crippen LogP contribution is 2.36. The number of hydrogen-bond donors (Lipinski definition) is 7. The van der Waals surface area contributed by atoms with Crippen LogP contribution in [0.5, 0.6) is 5.75 Å². The zero-order chi connectivity index (χ0) is 34.5. The van der Waals surface area contributed by atoms with Crippen molar-refractivity contribution in [3.05, 3.63) is 23.8 Å². The molecule has 2 heterocycles. The van der Waals surface area contributed by atoms with Gasteiger partial charge in [-0.05, 0) is 23.1 Å². The first-order chi connectivity index (χ1) is 21.5. The number of carboxylic acids is 1. The molecule has 2 aliphatic rings. The molecule has 0 saturated carbocycles. The van der Waals surface area contributed by atoms with Crippen molar-refractivity contribution in [1.29, 1.82) is 0 Å². The molecule has 2 fully saturated rings. The molecule has 2 saturated heterocycles. The summed E-state index contributed by atoms with van der Waals surface area (Å²) in [6, 6.07) is 2.61. The van der Waals surface area contributed by atoms with Crippen LogP contribution in [0.2, 0.25) is 0 Å². The van der Waals surface area contributed by atoms with Crippen molar-refractivity contribution in [2.24, 2.45) is 17.1 Å². The molecule has 7 atom stereocenters. The van der Waals surface area contributed by atoms with Gasteiger partial charge in [-0.2, -0.15) is 0 Å². The topological polar surface area (TPSA) is 264 Å². The maximum absolute atomic E-state index is 12.9. The van der Waals surface area contributed by atoms with E-state index in [0.29, 0.717) is 0 Å². The van der Waals surface area contributed by atoms with Crippen LogP contribution in [0.3, 0.4) is 0 Å². The number of nitrogens with two attached hydrogens (primary N) is 1. The van der Waals surface area contributed by atoms with Crippen LogP contribution in [0.25, 0.3) is 0 Å². The highest BCUT2D eigenvalue weighted by Gasteiger charge is 2.49. The largest absolute Gasteiger partial charge is 0.479 e. The molecule has 0 bridgehead atoms. The van der Waals surface area contributed by atoms with E-state index in [1.165, 1.54) is 18.2 Å². The Bertz CT molecular complexity index is 1350. The van der Waals surface area contributed by atoms with Crippen molar-refractivity contribution in [1.82, 2.24) is 10.2 Å². The first kappa shape index (κ1) is 33.7. The number of aliphatic hydroxyl groups is 3. The molecule has 4 amide bonds. The molecule has 17 heteroatoms. The summed E-state index contributed by atoms with van der Waals surface area (Å²) in [6.45, 7) is 4.46. The van der Waals surface area contributed by atoms with Crippen molar-refractivity contribution in [2.75, 3.05) is 18.4 Å². The third kappa shape index (κ3) is 8.31. The number of carbonyl (C=O) groups excluding carboxylic acids is 5. The number of anilines is 1. The number of ether oxygens (including phenoxy) is 3. The van der Waals surface area contributed by atoms with Gasteiger partial charge in [-0.15, -0.1) is 0 Å². The second-order valence-electron chi connectivity index (χ2n) is 11.6. The van der Waals surface area contributed by atoms with E-state index in [0.717, 1.165) is 4.90 Å². The Morgan fingerprint density at radius 1 is 1.20 bits per heavy atom. The van der Waals surface area contributed by atoms with Crippen molar-refractivity contribution in [2.45, 2.75) is 77.0 Å². The molecule has 0 spiro atoms. The van der Waals surface area contributed by atoms with Crippen LogP contribution in [0.4, 0.5) is 5.69 Å². The number of aliphatic carboxylic acids is 1. The van der Waals surface area contributed by atoms with Crippen LogP contribution in [0.1, 0.15) is 40.5 Å². The molecule has 0 radical (unpaired) electrons. The molecular formula is C28H38N4O13. The average Bonchev–Trinajstić information content (AvgIpc) is 3.27. The summed E-state index contributed by atoms with van der Waals surface area (Å²) in [5.41, 5.74) is 5.40. The van der Waals surface area contributed by atoms with Gasteiger partial charge >= 0.3 is 5.97 Å². The molecule has 0 aliphatic carbocycles. The fourth-order valence-corrected chi connectivity index (χ4v) is 4.87. The molecule has 2 aliphatic heterocycles. The first-order valence-corrected chi connectivity index (χ1v) is 13.9. The van der Waals surface area contributed by atoms with Crippen LogP contribution in [0.15, 0.2) is 18.2 Å². The highest BCUT2D eigenvalue weighted by molar-refractivity contribution is 6.07.